The fourth-order valence-electron chi connectivity index (χ4n) is 6.61. The van der Waals surface area contributed by atoms with E-state index in [9.17, 15) is 28.8 Å². The number of likely N-dealkylation sites (tertiary alicyclic amines) is 1. The van der Waals surface area contributed by atoms with Gasteiger partial charge in [-0.05, 0) is 56.3 Å². The standard InChI is InChI=1S/C29H39N7O6/c37-22(27(40)34-19-9-10-19)14-32-29(42)25-20-8-4-7-18(20)16-36(25)23(38)15-33-28(41)24(17-5-2-1-3-6-17)35-26(39)21-13-30-11-12-31-21/h11-13,17-20,24-25H,1-10,14-16H2,(H,32,42)(H,33,41)(H,34,40)(H,35,39). The van der Waals surface area contributed by atoms with Crippen LogP contribution in [0.15, 0.2) is 18.6 Å². The highest BCUT2D eigenvalue weighted by atomic mass is 16.2. The van der Waals surface area contributed by atoms with Crippen molar-refractivity contribution in [3.8, 4) is 0 Å². The van der Waals surface area contributed by atoms with Gasteiger partial charge in [-0.3, -0.25) is 33.8 Å². The van der Waals surface area contributed by atoms with Gasteiger partial charge in [-0.1, -0.05) is 25.7 Å². The summed E-state index contributed by atoms with van der Waals surface area (Å²) in [6.45, 7) is -0.364. The van der Waals surface area contributed by atoms with E-state index in [2.05, 4.69) is 31.2 Å². The van der Waals surface area contributed by atoms with E-state index in [0.29, 0.717) is 6.54 Å². The smallest absolute Gasteiger partial charge is 0.289 e. The van der Waals surface area contributed by atoms with Crippen LogP contribution in [0, 0.1) is 17.8 Å². The molecule has 3 saturated carbocycles. The third-order valence-corrected chi connectivity index (χ3v) is 8.97. The van der Waals surface area contributed by atoms with Crippen LogP contribution in [-0.4, -0.2) is 87.9 Å². The molecule has 1 saturated heterocycles. The second-order valence-corrected chi connectivity index (χ2v) is 11.9. The van der Waals surface area contributed by atoms with Gasteiger partial charge in [0.15, 0.2) is 0 Å². The van der Waals surface area contributed by atoms with Crippen LogP contribution in [0.3, 0.4) is 0 Å². The van der Waals surface area contributed by atoms with E-state index in [4.69, 9.17) is 0 Å². The lowest BCUT2D eigenvalue weighted by atomic mass is 9.83. The number of ketones is 1. The van der Waals surface area contributed by atoms with Gasteiger partial charge < -0.3 is 26.2 Å². The van der Waals surface area contributed by atoms with E-state index >= 15 is 0 Å². The zero-order valence-electron chi connectivity index (χ0n) is 23.7. The number of carbonyl (C=O) groups excluding carboxylic acids is 6. The summed E-state index contributed by atoms with van der Waals surface area (Å²) in [6, 6.07) is -1.57. The van der Waals surface area contributed by atoms with Crippen LogP contribution in [-0.2, 0) is 24.0 Å². The summed E-state index contributed by atoms with van der Waals surface area (Å²) in [6.07, 6.45) is 13.0. The molecule has 3 aliphatic carbocycles. The zero-order chi connectivity index (χ0) is 29.6. The van der Waals surface area contributed by atoms with Crippen molar-refractivity contribution in [2.24, 2.45) is 17.8 Å². The van der Waals surface area contributed by atoms with E-state index in [0.717, 1.165) is 64.2 Å². The largest absolute Gasteiger partial charge is 0.347 e. The molecule has 226 valence electrons. The summed E-state index contributed by atoms with van der Waals surface area (Å²) in [5.74, 6) is -3.22. The molecule has 0 aromatic carbocycles. The average Bonchev–Trinajstić information content (AvgIpc) is 3.58. The monoisotopic (exact) mass is 581 g/mol. The molecule has 5 amide bonds. The van der Waals surface area contributed by atoms with Gasteiger partial charge >= 0.3 is 0 Å². The molecule has 4 N–H and O–H groups in total. The van der Waals surface area contributed by atoms with E-state index in [-0.39, 0.29) is 36.0 Å². The van der Waals surface area contributed by atoms with Crippen molar-refractivity contribution in [3.05, 3.63) is 24.3 Å². The minimum Gasteiger partial charge on any atom is -0.347 e. The van der Waals surface area contributed by atoms with Gasteiger partial charge in [0, 0.05) is 25.0 Å². The predicted octanol–water partition coefficient (Wildman–Crippen LogP) is -0.137. The fraction of sp³-hybridized carbons (Fsp3) is 0.655. The quantitative estimate of drug-likeness (QED) is 0.261. The van der Waals surface area contributed by atoms with Gasteiger partial charge in [-0.15, -0.1) is 0 Å². The summed E-state index contributed by atoms with van der Waals surface area (Å²) in [7, 11) is 0. The van der Waals surface area contributed by atoms with Crippen molar-refractivity contribution in [2.75, 3.05) is 19.6 Å². The lowest BCUT2D eigenvalue weighted by Crippen LogP contribution is -2.55. The maximum atomic E-state index is 13.4. The van der Waals surface area contributed by atoms with Crippen molar-refractivity contribution >= 4 is 35.3 Å². The molecule has 4 fully saturated rings. The van der Waals surface area contributed by atoms with Crippen molar-refractivity contribution in [2.45, 2.75) is 82.3 Å². The number of carbonyl (C=O) groups is 6. The molecule has 2 heterocycles. The minimum atomic E-state index is -0.836. The zero-order valence-corrected chi connectivity index (χ0v) is 23.7. The average molecular weight is 582 g/mol. The number of nitrogens with zero attached hydrogens (tertiary/aromatic N) is 3. The Labute approximate surface area is 244 Å². The number of nitrogens with one attached hydrogen (secondary N) is 4. The maximum Gasteiger partial charge on any atom is 0.289 e. The highest BCUT2D eigenvalue weighted by Crippen LogP contribution is 2.42. The topological polar surface area (TPSA) is 180 Å². The Bertz CT molecular complexity index is 1200. The normalized spacial score (nSPS) is 24.3. The van der Waals surface area contributed by atoms with E-state index in [1.54, 1.807) is 0 Å². The van der Waals surface area contributed by atoms with Crippen LogP contribution in [0.5, 0.6) is 0 Å². The molecule has 13 heteroatoms. The van der Waals surface area contributed by atoms with Gasteiger partial charge in [-0.2, -0.15) is 0 Å². The second kappa shape index (κ2) is 13.4. The molecule has 4 atom stereocenters. The highest BCUT2D eigenvalue weighted by Gasteiger charge is 2.49. The third kappa shape index (κ3) is 7.11. The van der Waals surface area contributed by atoms with Gasteiger partial charge in [0.1, 0.15) is 17.8 Å². The molecule has 5 rings (SSSR count). The number of rotatable bonds is 11. The minimum absolute atomic E-state index is 0.0348. The maximum absolute atomic E-state index is 13.4. The summed E-state index contributed by atoms with van der Waals surface area (Å²) in [4.78, 5) is 86.5. The number of hydrogen-bond acceptors (Lipinski definition) is 8. The van der Waals surface area contributed by atoms with Crippen molar-refractivity contribution in [1.82, 2.24) is 36.1 Å². The Kier molecular flexibility index (Phi) is 9.43. The van der Waals surface area contributed by atoms with Crippen molar-refractivity contribution in [3.63, 3.8) is 0 Å². The van der Waals surface area contributed by atoms with Crippen LogP contribution in [0.25, 0.3) is 0 Å². The van der Waals surface area contributed by atoms with Crippen LogP contribution >= 0.6 is 0 Å². The van der Waals surface area contributed by atoms with Crippen LogP contribution in [0.2, 0.25) is 0 Å². The van der Waals surface area contributed by atoms with Gasteiger partial charge in [0.05, 0.1) is 19.3 Å². The Morgan fingerprint density at radius 3 is 2.38 bits per heavy atom. The first-order chi connectivity index (χ1) is 20.3. The van der Waals surface area contributed by atoms with E-state index < -0.39 is 53.9 Å². The molecule has 1 aromatic heterocycles. The third-order valence-electron chi connectivity index (χ3n) is 8.97. The molecule has 4 unspecified atom stereocenters. The van der Waals surface area contributed by atoms with Gasteiger partial charge in [0.2, 0.25) is 23.5 Å². The number of fused-ring (bicyclic) bond motifs is 1. The molecular formula is C29H39N7O6. The summed E-state index contributed by atoms with van der Waals surface area (Å²) in [5, 5.41) is 10.7. The molecule has 1 aliphatic heterocycles. The van der Waals surface area contributed by atoms with Crippen molar-refractivity contribution in [1.29, 1.82) is 0 Å². The summed E-state index contributed by atoms with van der Waals surface area (Å²) < 4.78 is 0. The first kappa shape index (κ1) is 29.6. The van der Waals surface area contributed by atoms with Crippen molar-refractivity contribution < 1.29 is 28.8 Å². The Balaban J connectivity index is 1.20. The van der Waals surface area contributed by atoms with Crippen LogP contribution < -0.4 is 21.3 Å². The predicted molar refractivity (Wildman–Crippen MR) is 148 cm³/mol. The number of Topliss-reactive ketones (excluding diaryl/α,β-unsaturated/α-hetero) is 1. The molecular weight excluding hydrogens is 542 g/mol. The SMILES string of the molecule is O=C(CNC(=O)C1C2CCCC2CN1C(=O)CNC(=O)C(NC(=O)c1cnccn1)C1CCCCC1)C(=O)NC1CC1. The highest BCUT2D eigenvalue weighted by molar-refractivity contribution is 6.37. The van der Waals surface area contributed by atoms with Gasteiger partial charge in [0.25, 0.3) is 11.8 Å². The second-order valence-electron chi connectivity index (χ2n) is 11.9. The number of aromatic nitrogens is 2. The first-order valence-corrected chi connectivity index (χ1v) is 15.1. The Hall–Kier alpha value is -3.90. The molecule has 42 heavy (non-hydrogen) atoms. The van der Waals surface area contributed by atoms with Gasteiger partial charge in [-0.25, -0.2) is 4.98 Å². The Morgan fingerprint density at radius 2 is 1.67 bits per heavy atom. The first-order valence-electron chi connectivity index (χ1n) is 15.1. The Morgan fingerprint density at radius 1 is 0.881 bits per heavy atom. The molecule has 13 nitrogen and oxygen atoms in total. The van der Waals surface area contributed by atoms with Crippen LogP contribution in [0.4, 0.5) is 0 Å². The lowest BCUT2D eigenvalue weighted by Gasteiger charge is -2.30. The number of amides is 5. The molecule has 0 bridgehead atoms. The summed E-state index contributed by atoms with van der Waals surface area (Å²) in [5.41, 5.74) is 0.100. The number of hydrogen-bond donors (Lipinski definition) is 4. The van der Waals surface area contributed by atoms with E-state index in [1.807, 2.05) is 0 Å². The van der Waals surface area contributed by atoms with Crippen LogP contribution in [0.1, 0.15) is 74.7 Å². The lowest BCUT2D eigenvalue weighted by molar-refractivity contribution is -0.141. The molecule has 4 aliphatic rings. The van der Waals surface area contributed by atoms with E-state index in [1.165, 1.54) is 23.5 Å². The fourth-order valence-corrected chi connectivity index (χ4v) is 6.61. The molecule has 0 spiro atoms. The summed E-state index contributed by atoms with van der Waals surface area (Å²) >= 11 is 0. The molecule has 1 aromatic rings. The molecule has 0 radical (unpaired) electrons.